The molecule has 4 fully saturated rings. The molecule has 3 saturated heterocycles. The third kappa shape index (κ3) is 4.47. The Hall–Kier alpha value is -1.30. The Morgan fingerprint density at radius 3 is 2.57 bits per heavy atom. The predicted octanol–water partition coefficient (Wildman–Crippen LogP) is 2.59. The standard InChI is InChI=1S/C22H38N4O2/c1-2-23-22(28)26-15-17-6-4-12-25-13-5-7-18(21(17)25)19(26)8-3-9-20(27)24-14-16-10-11-16/h16-19,21H,2-15H2,1H3,(H,23,28)(H,24,27)/t17-,18+,19+,21-/m0/s1. The van der Waals surface area contributed by atoms with Crippen LogP contribution in [0.25, 0.3) is 0 Å². The smallest absolute Gasteiger partial charge is 0.317 e. The van der Waals surface area contributed by atoms with Crippen molar-refractivity contribution in [3.05, 3.63) is 0 Å². The van der Waals surface area contributed by atoms with Gasteiger partial charge in [-0.25, -0.2) is 4.79 Å². The van der Waals surface area contributed by atoms with Gasteiger partial charge in [0.2, 0.25) is 5.91 Å². The Morgan fingerprint density at radius 1 is 1.04 bits per heavy atom. The van der Waals surface area contributed by atoms with Crippen LogP contribution in [0.15, 0.2) is 0 Å². The SMILES string of the molecule is CCNC(=O)N1C[C@@H]2CCCN3CCC[C@@H]([C@H]23)[C@H]1CCCC(=O)NCC1CC1. The van der Waals surface area contributed by atoms with Gasteiger partial charge >= 0.3 is 6.03 Å². The number of carbonyl (C=O) groups excluding carboxylic acids is 2. The number of nitrogens with one attached hydrogen (secondary N) is 2. The summed E-state index contributed by atoms with van der Waals surface area (Å²) in [4.78, 5) is 29.9. The van der Waals surface area contributed by atoms with Gasteiger partial charge in [0, 0.05) is 38.1 Å². The third-order valence-corrected chi connectivity index (χ3v) is 7.45. The van der Waals surface area contributed by atoms with Gasteiger partial charge in [0.15, 0.2) is 0 Å². The van der Waals surface area contributed by atoms with Gasteiger partial charge in [-0.05, 0) is 89.1 Å². The van der Waals surface area contributed by atoms with Crippen molar-refractivity contribution < 1.29 is 9.59 Å². The minimum Gasteiger partial charge on any atom is -0.356 e. The Bertz CT molecular complexity index is 563. The molecule has 4 rings (SSSR count). The first-order valence-electron chi connectivity index (χ1n) is 11.7. The summed E-state index contributed by atoms with van der Waals surface area (Å²) < 4.78 is 0. The van der Waals surface area contributed by atoms with E-state index in [0.29, 0.717) is 30.8 Å². The molecule has 4 aliphatic rings. The van der Waals surface area contributed by atoms with Gasteiger partial charge in [-0.15, -0.1) is 0 Å². The van der Waals surface area contributed by atoms with Crippen molar-refractivity contribution >= 4 is 11.9 Å². The number of urea groups is 1. The molecule has 0 aromatic carbocycles. The fourth-order valence-electron chi connectivity index (χ4n) is 5.99. The second-order valence-corrected chi connectivity index (χ2v) is 9.43. The number of piperidine rings is 3. The molecule has 3 aliphatic heterocycles. The number of carbonyl (C=O) groups is 2. The van der Waals surface area contributed by atoms with Crippen LogP contribution >= 0.6 is 0 Å². The second-order valence-electron chi connectivity index (χ2n) is 9.43. The summed E-state index contributed by atoms with van der Waals surface area (Å²) in [7, 11) is 0. The second kappa shape index (κ2) is 9.02. The highest BCUT2D eigenvalue weighted by Gasteiger charge is 2.49. The van der Waals surface area contributed by atoms with Crippen molar-refractivity contribution in [3.63, 3.8) is 0 Å². The molecule has 28 heavy (non-hydrogen) atoms. The Labute approximate surface area is 169 Å². The normalized spacial score (nSPS) is 32.5. The van der Waals surface area contributed by atoms with Gasteiger partial charge in [0.05, 0.1) is 0 Å². The Morgan fingerprint density at radius 2 is 1.82 bits per heavy atom. The van der Waals surface area contributed by atoms with E-state index in [2.05, 4.69) is 20.4 Å². The monoisotopic (exact) mass is 390 g/mol. The highest BCUT2D eigenvalue weighted by molar-refractivity contribution is 5.76. The summed E-state index contributed by atoms with van der Waals surface area (Å²) in [6.07, 6.45) is 9.96. The molecule has 6 heteroatoms. The van der Waals surface area contributed by atoms with Crippen LogP contribution in [0.4, 0.5) is 4.79 Å². The summed E-state index contributed by atoms with van der Waals surface area (Å²) >= 11 is 0. The molecular formula is C22H38N4O2. The van der Waals surface area contributed by atoms with E-state index in [4.69, 9.17) is 0 Å². The maximum Gasteiger partial charge on any atom is 0.317 e. The average molecular weight is 391 g/mol. The van der Waals surface area contributed by atoms with Crippen molar-refractivity contribution in [1.82, 2.24) is 20.4 Å². The van der Waals surface area contributed by atoms with Crippen molar-refractivity contribution in [3.8, 4) is 0 Å². The molecule has 4 atom stereocenters. The molecule has 2 N–H and O–H groups in total. The molecule has 1 saturated carbocycles. The topological polar surface area (TPSA) is 64.7 Å². The minimum absolute atomic E-state index is 0.104. The van der Waals surface area contributed by atoms with E-state index in [-0.39, 0.29) is 18.0 Å². The Kier molecular flexibility index (Phi) is 6.44. The first-order chi connectivity index (χ1) is 13.7. The van der Waals surface area contributed by atoms with E-state index in [9.17, 15) is 9.59 Å². The van der Waals surface area contributed by atoms with E-state index in [1.807, 2.05) is 6.92 Å². The van der Waals surface area contributed by atoms with Crippen LogP contribution in [0.1, 0.15) is 64.7 Å². The van der Waals surface area contributed by atoms with E-state index >= 15 is 0 Å². The third-order valence-electron chi connectivity index (χ3n) is 7.45. The molecule has 0 bridgehead atoms. The maximum atomic E-state index is 12.8. The summed E-state index contributed by atoms with van der Waals surface area (Å²) in [5, 5.41) is 6.13. The van der Waals surface area contributed by atoms with Gasteiger partial charge in [0.25, 0.3) is 0 Å². The number of rotatable bonds is 7. The number of hydrogen-bond acceptors (Lipinski definition) is 3. The van der Waals surface area contributed by atoms with Crippen LogP contribution in [0.3, 0.4) is 0 Å². The van der Waals surface area contributed by atoms with Crippen LogP contribution in [-0.2, 0) is 4.79 Å². The van der Waals surface area contributed by atoms with Crippen LogP contribution in [0.5, 0.6) is 0 Å². The number of nitrogens with zero attached hydrogens (tertiary/aromatic N) is 2. The fourth-order valence-corrected chi connectivity index (χ4v) is 5.99. The number of amides is 3. The first-order valence-corrected chi connectivity index (χ1v) is 11.7. The average Bonchev–Trinajstić information content (AvgIpc) is 3.53. The lowest BCUT2D eigenvalue weighted by atomic mass is 9.69. The molecule has 0 unspecified atom stereocenters. The van der Waals surface area contributed by atoms with Gasteiger partial charge < -0.3 is 15.5 Å². The molecule has 0 aromatic heterocycles. The van der Waals surface area contributed by atoms with E-state index in [1.165, 1.54) is 51.6 Å². The van der Waals surface area contributed by atoms with Gasteiger partial charge in [0.1, 0.15) is 0 Å². The minimum atomic E-state index is 0.104. The number of likely N-dealkylation sites (tertiary alicyclic amines) is 1. The largest absolute Gasteiger partial charge is 0.356 e. The highest BCUT2D eigenvalue weighted by atomic mass is 16.2. The van der Waals surface area contributed by atoms with Crippen LogP contribution in [-0.4, -0.2) is 66.5 Å². The van der Waals surface area contributed by atoms with Gasteiger partial charge in [-0.1, -0.05) is 0 Å². The molecule has 3 amide bonds. The van der Waals surface area contributed by atoms with Crippen molar-refractivity contribution in [2.75, 3.05) is 32.7 Å². The summed E-state index contributed by atoms with van der Waals surface area (Å²) in [5.74, 6) is 2.12. The van der Waals surface area contributed by atoms with Crippen LogP contribution < -0.4 is 10.6 Å². The van der Waals surface area contributed by atoms with Crippen LogP contribution in [0.2, 0.25) is 0 Å². The lowest BCUT2D eigenvalue weighted by molar-refractivity contribution is -0.121. The first kappa shape index (κ1) is 20.0. The maximum absolute atomic E-state index is 12.8. The Balaban J connectivity index is 1.39. The lowest BCUT2D eigenvalue weighted by Gasteiger charge is -2.57. The summed E-state index contributed by atoms with van der Waals surface area (Å²) in [6, 6.07) is 1.04. The molecule has 158 valence electrons. The van der Waals surface area contributed by atoms with Crippen molar-refractivity contribution in [1.29, 1.82) is 0 Å². The van der Waals surface area contributed by atoms with Crippen LogP contribution in [0, 0.1) is 17.8 Å². The van der Waals surface area contributed by atoms with Gasteiger partial charge in [-0.3, -0.25) is 9.69 Å². The molecule has 0 spiro atoms. The molecular weight excluding hydrogens is 352 g/mol. The highest BCUT2D eigenvalue weighted by Crippen LogP contribution is 2.43. The summed E-state index contributed by atoms with van der Waals surface area (Å²) in [6.45, 7) is 6.88. The van der Waals surface area contributed by atoms with E-state index in [0.717, 1.165) is 31.8 Å². The molecule has 3 heterocycles. The lowest BCUT2D eigenvalue weighted by Crippen LogP contribution is -2.66. The van der Waals surface area contributed by atoms with Crippen molar-refractivity contribution in [2.24, 2.45) is 17.8 Å². The van der Waals surface area contributed by atoms with E-state index in [1.54, 1.807) is 0 Å². The predicted molar refractivity (Wildman–Crippen MR) is 110 cm³/mol. The molecule has 0 radical (unpaired) electrons. The van der Waals surface area contributed by atoms with Gasteiger partial charge in [-0.2, -0.15) is 0 Å². The number of hydrogen-bond donors (Lipinski definition) is 2. The molecule has 6 nitrogen and oxygen atoms in total. The van der Waals surface area contributed by atoms with Crippen molar-refractivity contribution in [2.45, 2.75) is 76.8 Å². The fraction of sp³-hybridized carbons (Fsp3) is 0.909. The quantitative estimate of drug-likeness (QED) is 0.702. The zero-order chi connectivity index (χ0) is 19.5. The molecule has 0 aromatic rings. The zero-order valence-electron chi connectivity index (χ0n) is 17.5. The zero-order valence-corrected chi connectivity index (χ0v) is 17.5. The summed E-state index contributed by atoms with van der Waals surface area (Å²) in [5.41, 5.74) is 0. The van der Waals surface area contributed by atoms with E-state index < -0.39 is 0 Å². The molecule has 1 aliphatic carbocycles.